The average molecular weight is 448 g/mol. The van der Waals surface area contributed by atoms with Gasteiger partial charge in [-0.15, -0.1) is 0 Å². The first-order chi connectivity index (χ1) is 15.3. The third kappa shape index (κ3) is 6.65. The van der Waals surface area contributed by atoms with Crippen LogP contribution in [0.25, 0.3) is 0 Å². The number of carbonyl (C=O) groups excluding carboxylic acids is 2. The van der Waals surface area contributed by atoms with E-state index in [1.54, 1.807) is 48.5 Å². The van der Waals surface area contributed by atoms with Gasteiger partial charge in [0.2, 0.25) is 0 Å². The SMILES string of the molecule is Cc1cccc(NC(=O)c2cccc(NC(=S)NC(=O)c3ccc(OC(C)C)cc3)c2)c1. The summed E-state index contributed by atoms with van der Waals surface area (Å²) in [5.74, 6) is 0.114. The molecule has 3 rings (SSSR count). The second-order valence-corrected chi connectivity index (χ2v) is 7.91. The molecule has 0 unspecified atom stereocenters. The van der Waals surface area contributed by atoms with Crippen LogP contribution in [0, 0.1) is 6.92 Å². The van der Waals surface area contributed by atoms with Crippen LogP contribution >= 0.6 is 12.2 Å². The Morgan fingerprint density at radius 1 is 0.812 bits per heavy atom. The first-order valence-corrected chi connectivity index (χ1v) is 10.6. The van der Waals surface area contributed by atoms with Gasteiger partial charge in [-0.2, -0.15) is 0 Å². The normalized spacial score (nSPS) is 10.4. The van der Waals surface area contributed by atoms with E-state index in [1.807, 2.05) is 45.0 Å². The summed E-state index contributed by atoms with van der Waals surface area (Å²) < 4.78 is 5.58. The van der Waals surface area contributed by atoms with Crippen LogP contribution in [0.4, 0.5) is 11.4 Å². The van der Waals surface area contributed by atoms with Gasteiger partial charge in [-0.05, 0) is 93.1 Å². The Bertz CT molecular complexity index is 1130. The molecule has 0 bridgehead atoms. The highest BCUT2D eigenvalue weighted by Crippen LogP contribution is 2.16. The molecular formula is C25H25N3O3S. The Balaban J connectivity index is 1.59. The summed E-state index contributed by atoms with van der Waals surface area (Å²) in [4.78, 5) is 25.0. The first-order valence-electron chi connectivity index (χ1n) is 10.2. The third-order valence-corrected chi connectivity index (χ3v) is 4.58. The number of rotatable bonds is 6. The zero-order valence-electron chi connectivity index (χ0n) is 18.1. The van der Waals surface area contributed by atoms with Gasteiger partial charge < -0.3 is 15.4 Å². The van der Waals surface area contributed by atoms with Crippen LogP contribution in [-0.2, 0) is 0 Å². The maximum atomic E-state index is 12.6. The van der Waals surface area contributed by atoms with E-state index >= 15 is 0 Å². The zero-order chi connectivity index (χ0) is 23.1. The van der Waals surface area contributed by atoms with Gasteiger partial charge in [0.25, 0.3) is 11.8 Å². The molecule has 0 atom stereocenters. The van der Waals surface area contributed by atoms with E-state index < -0.39 is 0 Å². The molecule has 0 aliphatic carbocycles. The van der Waals surface area contributed by atoms with E-state index in [4.69, 9.17) is 17.0 Å². The second kappa shape index (κ2) is 10.5. The molecule has 0 aliphatic heterocycles. The number of aryl methyl sites for hydroxylation is 1. The molecule has 0 heterocycles. The Morgan fingerprint density at radius 2 is 1.47 bits per heavy atom. The standard InChI is InChI=1S/C25H25N3O3S/c1-16(2)31-22-12-10-18(11-13-22)23(29)28-25(32)27-21-9-5-7-19(15-21)24(30)26-20-8-4-6-17(3)14-20/h4-16H,1-3H3,(H,26,30)(H2,27,28,29,32). The minimum absolute atomic E-state index is 0.0566. The van der Waals surface area contributed by atoms with Crippen molar-refractivity contribution in [3.63, 3.8) is 0 Å². The Labute approximate surface area is 193 Å². The maximum absolute atomic E-state index is 12.6. The van der Waals surface area contributed by atoms with Crippen molar-refractivity contribution in [2.45, 2.75) is 26.9 Å². The minimum Gasteiger partial charge on any atom is -0.491 e. The molecular weight excluding hydrogens is 422 g/mol. The molecule has 32 heavy (non-hydrogen) atoms. The van der Waals surface area contributed by atoms with Crippen molar-refractivity contribution < 1.29 is 14.3 Å². The summed E-state index contributed by atoms with van der Waals surface area (Å²) in [6.45, 7) is 5.83. The summed E-state index contributed by atoms with van der Waals surface area (Å²) in [5, 5.41) is 8.59. The number of hydrogen-bond acceptors (Lipinski definition) is 4. The van der Waals surface area contributed by atoms with E-state index in [-0.39, 0.29) is 23.0 Å². The molecule has 0 aromatic heterocycles. The van der Waals surface area contributed by atoms with Crippen LogP contribution in [0.2, 0.25) is 0 Å². The number of ether oxygens (including phenoxy) is 1. The molecule has 0 saturated carbocycles. The highest BCUT2D eigenvalue weighted by Gasteiger charge is 2.11. The number of thiocarbonyl (C=S) groups is 1. The molecule has 3 aromatic rings. The van der Waals surface area contributed by atoms with Crippen molar-refractivity contribution in [1.82, 2.24) is 5.32 Å². The lowest BCUT2D eigenvalue weighted by molar-refractivity contribution is 0.0976. The second-order valence-electron chi connectivity index (χ2n) is 7.50. The van der Waals surface area contributed by atoms with Crippen LogP contribution in [0.5, 0.6) is 5.75 Å². The van der Waals surface area contributed by atoms with Gasteiger partial charge in [0, 0.05) is 22.5 Å². The largest absolute Gasteiger partial charge is 0.491 e. The van der Waals surface area contributed by atoms with Crippen molar-refractivity contribution >= 4 is 40.5 Å². The molecule has 164 valence electrons. The fourth-order valence-electron chi connectivity index (χ4n) is 2.96. The Morgan fingerprint density at radius 3 is 2.12 bits per heavy atom. The lowest BCUT2D eigenvalue weighted by atomic mass is 10.1. The van der Waals surface area contributed by atoms with Crippen LogP contribution in [-0.4, -0.2) is 23.0 Å². The molecule has 2 amide bonds. The number of amides is 2. The van der Waals surface area contributed by atoms with Crippen molar-refractivity contribution in [1.29, 1.82) is 0 Å². The average Bonchev–Trinajstić information content (AvgIpc) is 2.74. The molecule has 7 heteroatoms. The van der Waals surface area contributed by atoms with Crippen LogP contribution in [0.3, 0.4) is 0 Å². The molecule has 0 saturated heterocycles. The highest BCUT2D eigenvalue weighted by molar-refractivity contribution is 7.80. The lowest BCUT2D eigenvalue weighted by Gasteiger charge is -2.12. The van der Waals surface area contributed by atoms with E-state index in [2.05, 4.69) is 16.0 Å². The number of anilines is 2. The molecule has 3 N–H and O–H groups in total. The van der Waals surface area contributed by atoms with E-state index in [0.717, 1.165) is 11.3 Å². The topological polar surface area (TPSA) is 79.5 Å². The van der Waals surface area contributed by atoms with Crippen LogP contribution in [0.1, 0.15) is 40.1 Å². The Hall–Kier alpha value is -3.71. The minimum atomic E-state index is -0.341. The van der Waals surface area contributed by atoms with Crippen molar-refractivity contribution in [2.24, 2.45) is 0 Å². The van der Waals surface area contributed by atoms with E-state index in [9.17, 15) is 9.59 Å². The van der Waals surface area contributed by atoms with E-state index in [0.29, 0.717) is 22.6 Å². The molecule has 6 nitrogen and oxygen atoms in total. The molecule has 0 radical (unpaired) electrons. The summed E-state index contributed by atoms with van der Waals surface area (Å²) in [5.41, 5.74) is 3.29. The summed E-state index contributed by atoms with van der Waals surface area (Å²) in [7, 11) is 0. The smallest absolute Gasteiger partial charge is 0.257 e. The van der Waals surface area contributed by atoms with Crippen molar-refractivity contribution in [2.75, 3.05) is 10.6 Å². The molecule has 0 aliphatic rings. The van der Waals surface area contributed by atoms with Gasteiger partial charge in [0.1, 0.15) is 5.75 Å². The highest BCUT2D eigenvalue weighted by atomic mass is 32.1. The monoisotopic (exact) mass is 447 g/mol. The third-order valence-electron chi connectivity index (χ3n) is 4.37. The first kappa shape index (κ1) is 23.0. The molecule has 3 aromatic carbocycles. The summed E-state index contributed by atoms with van der Waals surface area (Å²) in [6, 6.07) is 21.3. The Kier molecular flexibility index (Phi) is 7.57. The van der Waals surface area contributed by atoms with Crippen LogP contribution < -0.4 is 20.7 Å². The number of carbonyl (C=O) groups is 2. The van der Waals surface area contributed by atoms with Crippen molar-refractivity contribution in [3.05, 3.63) is 89.5 Å². The van der Waals surface area contributed by atoms with Crippen molar-refractivity contribution in [3.8, 4) is 5.75 Å². The predicted octanol–water partition coefficient (Wildman–Crippen LogP) is 5.16. The molecule has 0 fully saturated rings. The zero-order valence-corrected chi connectivity index (χ0v) is 19.0. The number of benzene rings is 3. The van der Waals surface area contributed by atoms with Gasteiger partial charge in [-0.3, -0.25) is 14.9 Å². The lowest BCUT2D eigenvalue weighted by Crippen LogP contribution is -2.34. The number of nitrogens with one attached hydrogen (secondary N) is 3. The van der Waals surface area contributed by atoms with Gasteiger partial charge in [-0.25, -0.2) is 0 Å². The summed E-state index contributed by atoms with van der Waals surface area (Å²) >= 11 is 5.26. The summed E-state index contributed by atoms with van der Waals surface area (Å²) in [6.07, 6.45) is 0.0566. The fourth-order valence-corrected chi connectivity index (χ4v) is 3.17. The van der Waals surface area contributed by atoms with Gasteiger partial charge in [0.15, 0.2) is 5.11 Å². The molecule has 0 spiro atoms. The quantitative estimate of drug-likeness (QED) is 0.455. The fraction of sp³-hybridized carbons (Fsp3) is 0.160. The van der Waals surface area contributed by atoms with Gasteiger partial charge >= 0.3 is 0 Å². The van der Waals surface area contributed by atoms with Gasteiger partial charge in [0.05, 0.1) is 6.10 Å². The van der Waals surface area contributed by atoms with Crippen LogP contribution in [0.15, 0.2) is 72.8 Å². The number of hydrogen-bond donors (Lipinski definition) is 3. The van der Waals surface area contributed by atoms with E-state index in [1.165, 1.54) is 0 Å². The maximum Gasteiger partial charge on any atom is 0.257 e. The van der Waals surface area contributed by atoms with Gasteiger partial charge in [-0.1, -0.05) is 18.2 Å². The predicted molar refractivity (Wildman–Crippen MR) is 131 cm³/mol.